The predicted molar refractivity (Wildman–Crippen MR) is 149 cm³/mol. The van der Waals surface area contributed by atoms with Gasteiger partial charge in [-0.25, -0.2) is 29.9 Å². The molecule has 13 heteroatoms. The van der Waals surface area contributed by atoms with Gasteiger partial charge in [0.2, 0.25) is 0 Å². The molecular formula is C27H37N8O4P. The lowest BCUT2D eigenvalue weighted by Crippen LogP contribution is -2.27. The maximum absolute atomic E-state index is 6.60. The molecule has 5 unspecified atom stereocenters. The van der Waals surface area contributed by atoms with Crippen LogP contribution in [-0.4, -0.2) is 70.6 Å². The van der Waals surface area contributed by atoms with Gasteiger partial charge in [-0.3, -0.25) is 9.13 Å². The van der Waals surface area contributed by atoms with E-state index in [9.17, 15) is 0 Å². The van der Waals surface area contributed by atoms with E-state index in [0.717, 1.165) is 40.1 Å². The molecule has 9 atom stereocenters. The topological polar surface area (TPSA) is 124 Å². The molecule has 0 bridgehead atoms. The zero-order valence-corrected chi connectivity index (χ0v) is 24.9. The SMILES string of the molecule is CC[C@H]1O[C@@H](n2cnc3c(C)ncnc32)C(OP(C)OC[C@H]2O[C@@H](n3cnc4c(C)ncnc43)C(C)C2C)C1C. The van der Waals surface area contributed by atoms with Gasteiger partial charge in [-0.1, -0.05) is 27.7 Å². The van der Waals surface area contributed by atoms with E-state index in [1.807, 2.05) is 29.6 Å². The molecule has 6 rings (SSSR count). The molecule has 0 aromatic carbocycles. The van der Waals surface area contributed by atoms with E-state index in [0.29, 0.717) is 6.61 Å². The predicted octanol–water partition coefficient (Wildman–Crippen LogP) is 4.74. The van der Waals surface area contributed by atoms with Crippen molar-refractivity contribution < 1.29 is 18.5 Å². The summed E-state index contributed by atoms with van der Waals surface area (Å²) >= 11 is 0. The number of fused-ring (bicyclic) bond motifs is 2. The van der Waals surface area contributed by atoms with Crippen molar-refractivity contribution in [2.45, 2.75) is 78.7 Å². The summed E-state index contributed by atoms with van der Waals surface area (Å²) in [5.74, 6) is 0.707. The molecule has 0 saturated carbocycles. The zero-order valence-electron chi connectivity index (χ0n) is 24.0. The summed E-state index contributed by atoms with van der Waals surface area (Å²) in [6, 6.07) is 0. The van der Waals surface area contributed by atoms with E-state index in [2.05, 4.69) is 57.6 Å². The number of hydrogen-bond donors (Lipinski definition) is 0. The Morgan fingerprint density at radius 1 is 0.775 bits per heavy atom. The summed E-state index contributed by atoms with van der Waals surface area (Å²) in [5, 5.41) is 0. The van der Waals surface area contributed by atoms with Crippen molar-refractivity contribution in [3.05, 3.63) is 36.7 Å². The van der Waals surface area contributed by atoms with Crippen molar-refractivity contribution in [3.8, 4) is 0 Å². The van der Waals surface area contributed by atoms with Crippen LogP contribution in [0.2, 0.25) is 0 Å². The molecule has 2 aliphatic heterocycles. The number of imidazole rings is 2. The molecule has 40 heavy (non-hydrogen) atoms. The van der Waals surface area contributed by atoms with Gasteiger partial charge in [-0.2, -0.15) is 0 Å². The van der Waals surface area contributed by atoms with E-state index in [1.54, 1.807) is 25.3 Å². The Morgan fingerprint density at radius 2 is 1.35 bits per heavy atom. The Balaban J connectivity index is 1.14. The van der Waals surface area contributed by atoms with E-state index >= 15 is 0 Å². The summed E-state index contributed by atoms with van der Waals surface area (Å²) < 4.78 is 29.9. The molecule has 0 N–H and O–H groups in total. The number of nitrogens with zero attached hydrogens (tertiary/aromatic N) is 8. The second-order valence-electron chi connectivity index (χ2n) is 11.0. The van der Waals surface area contributed by atoms with Crippen molar-refractivity contribution in [2.75, 3.05) is 13.3 Å². The Labute approximate surface area is 234 Å². The van der Waals surface area contributed by atoms with Gasteiger partial charge in [0.1, 0.15) is 36.0 Å². The van der Waals surface area contributed by atoms with Crippen LogP contribution in [0.15, 0.2) is 25.3 Å². The minimum Gasteiger partial charge on any atom is -0.352 e. The number of aromatic nitrogens is 8. The van der Waals surface area contributed by atoms with E-state index < -0.39 is 8.38 Å². The average Bonchev–Trinajstić information content (AvgIpc) is 3.70. The maximum atomic E-state index is 6.60. The van der Waals surface area contributed by atoms with E-state index in [-0.39, 0.29) is 48.5 Å². The van der Waals surface area contributed by atoms with Crippen LogP contribution in [0.3, 0.4) is 0 Å². The summed E-state index contributed by atoms with van der Waals surface area (Å²) in [7, 11) is -1.20. The number of rotatable bonds is 8. The Kier molecular flexibility index (Phi) is 7.56. The first-order chi connectivity index (χ1) is 19.3. The smallest absolute Gasteiger partial charge is 0.167 e. The van der Waals surface area contributed by atoms with Crippen LogP contribution in [0.1, 0.15) is 58.0 Å². The summed E-state index contributed by atoms with van der Waals surface area (Å²) in [6.45, 7) is 15.0. The highest BCUT2D eigenvalue weighted by Crippen LogP contribution is 2.48. The van der Waals surface area contributed by atoms with E-state index in [1.165, 1.54) is 0 Å². The molecule has 4 aromatic heterocycles. The second-order valence-corrected chi connectivity index (χ2v) is 12.3. The van der Waals surface area contributed by atoms with Crippen LogP contribution in [-0.2, 0) is 18.5 Å². The highest BCUT2D eigenvalue weighted by Gasteiger charge is 2.45. The minimum atomic E-state index is -1.20. The third-order valence-corrected chi connectivity index (χ3v) is 9.66. The minimum absolute atomic E-state index is 0.0658. The lowest BCUT2D eigenvalue weighted by Gasteiger charge is -2.26. The van der Waals surface area contributed by atoms with Crippen LogP contribution in [0.4, 0.5) is 0 Å². The first-order valence-corrected chi connectivity index (χ1v) is 15.5. The van der Waals surface area contributed by atoms with Crippen LogP contribution >= 0.6 is 8.38 Å². The van der Waals surface area contributed by atoms with Crippen molar-refractivity contribution in [1.29, 1.82) is 0 Å². The van der Waals surface area contributed by atoms with Crippen molar-refractivity contribution in [1.82, 2.24) is 39.0 Å². The Hall–Kier alpha value is -2.63. The molecule has 4 aromatic rings. The van der Waals surface area contributed by atoms with Gasteiger partial charge in [0.25, 0.3) is 0 Å². The van der Waals surface area contributed by atoms with E-state index in [4.69, 9.17) is 18.5 Å². The molecule has 2 fully saturated rings. The third kappa shape index (κ3) is 4.69. The molecule has 2 saturated heterocycles. The average molecular weight is 569 g/mol. The van der Waals surface area contributed by atoms with Crippen LogP contribution in [0.25, 0.3) is 22.3 Å². The van der Waals surface area contributed by atoms with Gasteiger partial charge in [0, 0.05) is 18.5 Å². The molecule has 0 spiro atoms. The molecule has 214 valence electrons. The third-order valence-electron chi connectivity index (χ3n) is 8.60. The monoisotopic (exact) mass is 568 g/mol. The van der Waals surface area contributed by atoms with Gasteiger partial charge < -0.3 is 18.5 Å². The lowest BCUT2D eigenvalue weighted by molar-refractivity contribution is -0.0384. The normalized spacial score (nSPS) is 31.5. The summed E-state index contributed by atoms with van der Waals surface area (Å²) in [5.41, 5.74) is 4.81. The molecule has 0 aliphatic carbocycles. The van der Waals surface area contributed by atoms with Gasteiger partial charge in [0.15, 0.2) is 25.9 Å². The number of aryl methyl sites for hydroxylation is 2. The largest absolute Gasteiger partial charge is 0.352 e. The summed E-state index contributed by atoms with van der Waals surface area (Å²) in [4.78, 5) is 26.6. The fourth-order valence-corrected chi connectivity index (χ4v) is 6.97. The first kappa shape index (κ1) is 27.5. The van der Waals surface area contributed by atoms with Crippen LogP contribution < -0.4 is 0 Å². The number of hydrogen-bond acceptors (Lipinski definition) is 10. The quantitative estimate of drug-likeness (QED) is 0.275. The van der Waals surface area contributed by atoms with Gasteiger partial charge in [-0.05, 0) is 26.2 Å². The highest BCUT2D eigenvalue weighted by atomic mass is 31.2. The molecule has 6 heterocycles. The fraction of sp³-hybridized carbons (Fsp3) is 0.630. The molecule has 0 amide bonds. The van der Waals surface area contributed by atoms with Gasteiger partial charge >= 0.3 is 0 Å². The fourth-order valence-electron chi connectivity index (χ4n) is 5.92. The molecular weight excluding hydrogens is 531 g/mol. The van der Waals surface area contributed by atoms with Gasteiger partial charge in [-0.15, -0.1) is 0 Å². The molecule has 12 nitrogen and oxygen atoms in total. The maximum Gasteiger partial charge on any atom is 0.167 e. The standard InChI is InChI=1S/C27H37N8O4P/c1-8-19-16(4)23(27(37-19)35-13-33-22-18(6)29-11-31-25(22)35)39-40(7)36-9-20-14(2)15(3)26(38-20)34-12-32-21-17(5)28-10-30-24(21)34/h10-16,19-20,23,26-27H,8-9H2,1-7H3/t14?,15?,16?,19-,20-,23?,26-,27-,40?/m1/s1. The summed E-state index contributed by atoms with van der Waals surface area (Å²) in [6.07, 6.45) is 6.86. The molecule has 0 radical (unpaired) electrons. The Morgan fingerprint density at radius 3 is 1.95 bits per heavy atom. The second kappa shape index (κ2) is 11.0. The van der Waals surface area contributed by atoms with Crippen molar-refractivity contribution in [3.63, 3.8) is 0 Å². The van der Waals surface area contributed by atoms with Crippen LogP contribution in [0.5, 0.6) is 0 Å². The Bertz CT molecular complexity index is 1500. The molecule has 2 aliphatic rings. The highest BCUT2D eigenvalue weighted by molar-refractivity contribution is 7.46. The first-order valence-electron chi connectivity index (χ1n) is 13.9. The van der Waals surface area contributed by atoms with Crippen molar-refractivity contribution >= 4 is 30.7 Å². The van der Waals surface area contributed by atoms with Crippen molar-refractivity contribution in [2.24, 2.45) is 17.8 Å². The lowest BCUT2D eigenvalue weighted by atomic mass is 9.93. The zero-order chi connectivity index (χ0) is 28.1. The number of ether oxygens (including phenoxy) is 2. The van der Waals surface area contributed by atoms with Crippen LogP contribution in [0, 0.1) is 31.6 Å². The van der Waals surface area contributed by atoms with Gasteiger partial charge in [0.05, 0.1) is 42.9 Å².